The number of likely N-dealkylation sites (tertiary alicyclic amines) is 1. The van der Waals surface area contributed by atoms with Crippen LogP contribution < -0.4 is 5.32 Å². The summed E-state index contributed by atoms with van der Waals surface area (Å²) in [7, 11) is 1.50. The second-order valence-electron chi connectivity index (χ2n) is 5.36. The van der Waals surface area contributed by atoms with E-state index >= 15 is 0 Å². The Morgan fingerprint density at radius 1 is 1.59 bits per heavy atom. The quantitative estimate of drug-likeness (QED) is 0.820. The Morgan fingerprint density at radius 3 is 3.14 bits per heavy atom. The van der Waals surface area contributed by atoms with Crippen LogP contribution >= 0.6 is 0 Å². The third-order valence-corrected chi connectivity index (χ3v) is 3.71. The van der Waals surface area contributed by atoms with Crippen molar-refractivity contribution in [1.82, 2.24) is 9.88 Å². The topological polar surface area (TPSA) is 54.5 Å². The van der Waals surface area contributed by atoms with Crippen LogP contribution in [0.4, 0.5) is 10.1 Å². The van der Waals surface area contributed by atoms with Gasteiger partial charge in [0.25, 0.3) is 0 Å². The first kappa shape index (κ1) is 16.4. The maximum Gasteiger partial charge on any atom is 0.241 e. The van der Waals surface area contributed by atoms with Crippen molar-refractivity contribution < 1.29 is 13.9 Å². The summed E-state index contributed by atoms with van der Waals surface area (Å²) in [5.74, 6) is -0.0664. The molecule has 6 heteroatoms. The van der Waals surface area contributed by atoms with Crippen LogP contribution in [-0.4, -0.2) is 48.7 Å². The van der Waals surface area contributed by atoms with Gasteiger partial charge in [0.1, 0.15) is 6.67 Å². The van der Waals surface area contributed by atoms with Crippen molar-refractivity contribution in [2.75, 3.05) is 32.2 Å². The molecule has 2 rings (SSSR count). The first-order chi connectivity index (χ1) is 10.7. The molecule has 0 saturated carbocycles. The molecule has 0 aliphatic carbocycles. The number of pyridine rings is 1. The molecular weight excluding hydrogens is 285 g/mol. The molecule has 0 spiro atoms. The van der Waals surface area contributed by atoms with Crippen LogP contribution in [0.2, 0.25) is 0 Å². The van der Waals surface area contributed by atoms with Crippen molar-refractivity contribution in [3.63, 3.8) is 0 Å². The maximum absolute atomic E-state index is 13.0. The smallest absolute Gasteiger partial charge is 0.241 e. The van der Waals surface area contributed by atoms with Crippen LogP contribution in [0.5, 0.6) is 0 Å². The van der Waals surface area contributed by atoms with Crippen LogP contribution in [0, 0.1) is 0 Å². The fourth-order valence-corrected chi connectivity index (χ4v) is 2.68. The zero-order valence-corrected chi connectivity index (χ0v) is 12.8. The van der Waals surface area contributed by atoms with Crippen molar-refractivity contribution in [2.45, 2.75) is 25.3 Å². The molecule has 1 atom stereocenters. The molecule has 1 aromatic heterocycles. The number of nitrogens with one attached hydrogen (secondary N) is 1. The molecule has 5 nitrogen and oxygen atoms in total. The van der Waals surface area contributed by atoms with Crippen molar-refractivity contribution >= 4 is 11.6 Å². The van der Waals surface area contributed by atoms with Crippen LogP contribution in [-0.2, 0) is 9.53 Å². The van der Waals surface area contributed by atoms with E-state index in [2.05, 4.69) is 10.3 Å². The number of anilines is 1. The van der Waals surface area contributed by atoms with Gasteiger partial charge in [-0.05, 0) is 31.5 Å². The average Bonchev–Trinajstić information content (AvgIpc) is 2.55. The molecule has 1 amide bonds. The van der Waals surface area contributed by atoms with Crippen LogP contribution in [0.25, 0.3) is 0 Å². The first-order valence-electron chi connectivity index (χ1n) is 7.46. The minimum absolute atomic E-state index is 0.0664. The number of amides is 1. The van der Waals surface area contributed by atoms with Gasteiger partial charge < -0.3 is 10.1 Å². The number of carbonyl (C=O) groups excluding carboxylic acids is 1. The van der Waals surface area contributed by atoms with Crippen LogP contribution in [0.1, 0.15) is 19.3 Å². The van der Waals surface area contributed by atoms with Gasteiger partial charge in [0.05, 0.1) is 31.3 Å². The number of hydrogen-bond acceptors (Lipinski definition) is 4. The van der Waals surface area contributed by atoms with Gasteiger partial charge in [-0.1, -0.05) is 6.42 Å². The highest BCUT2D eigenvalue weighted by atomic mass is 19.1. The lowest BCUT2D eigenvalue weighted by atomic mass is 10.0. The summed E-state index contributed by atoms with van der Waals surface area (Å²) in [5, 5.41) is 2.88. The van der Waals surface area contributed by atoms with E-state index in [-0.39, 0.29) is 11.9 Å². The normalized spacial score (nSPS) is 19.7. The van der Waals surface area contributed by atoms with E-state index in [1.807, 2.05) is 4.90 Å². The van der Waals surface area contributed by atoms with E-state index in [0.717, 1.165) is 25.8 Å². The molecule has 1 fully saturated rings. The lowest BCUT2D eigenvalue weighted by molar-refractivity contribution is -0.122. The number of methoxy groups -OCH3 is 1. The number of halogens is 1. The monoisotopic (exact) mass is 307 g/mol. The van der Waals surface area contributed by atoms with Crippen LogP contribution in [0.15, 0.2) is 36.4 Å². The maximum atomic E-state index is 13.0. The Kier molecular flexibility index (Phi) is 6.33. The number of carbonyl (C=O) groups is 1. The molecule has 0 unspecified atom stereocenters. The number of hydrogen-bond donors (Lipinski definition) is 1. The van der Waals surface area contributed by atoms with Crippen molar-refractivity contribution in [2.24, 2.45) is 0 Å². The summed E-state index contributed by atoms with van der Waals surface area (Å²) in [4.78, 5) is 18.5. The Bertz CT molecular complexity index is 507. The lowest BCUT2D eigenvalue weighted by Crippen LogP contribution is -2.47. The Morgan fingerprint density at radius 2 is 2.45 bits per heavy atom. The van der Waals surface area contributed by atoms with Crippen molar-refractivity contribution in [3.8, 4) is 0 Å². The standard InChI is InChI=1S/C16H22FN3O2/c1-22-12-13(9-17)11-20-8-3-2-6-15(20)16(21)19-14-5-4-7-18-10-14/h4-5,7,10,12,15H,2-3,6,8-9,11H2,1H3,(H,19,21)/b13-12-/t15-/m0/s1. The molecule has 1 aliphatic heterocycles. The number of piperidine rings is 1. The van der Waals surface area contributed by atoms with Gasteiger partial charge in [0.15, 0.2) is 0 Å². The average molecular weight is 307 g/mol. The number of nitrogens with zero attached hydrogens (tertiary/aromatic N) is 2. The van der Waals surface area contributed by atoms with E-state index in [1.54, 1.807) is 24.5 Å². The minimum atomic E-state index is -0.568. The van der Waals surface area contributed by atoms with Gasteiger partial charge in [-0.15, -0.1) is 0 Å². The summed E-state index contributed by atoms with van der Waals surface area (Å²) in [5.41, 5.74) is 1.22. The zero-order valence-electron chi connectivity index (χ0n) is 12.8. The molecule has 0 aromatic carbocycles. The zero-order chi connectivity index (χ0) is 15.8. The molecule has 1 aliphatic rings. The van der Waals surface area contributed by atoms with E-state index in [9.17, 15) is 9.18 Å². The fourth-order valence-electron chi connectivity index (χ4n) is 2.68. The summed E-state index contributed by atoms with van der Waals surface area (Å²) >= 11 is 0. The second kappa shape index (κ2) is 8.48. The van der Waals surface area contributed by atoms with Crippen molar-refractivity contribution in [3.05, 3.63) is 36.4 Å². The van der Waals surface area contributed by atoms with Gasteiger partial charge in [-0.3, -0.25) is 14.7 Å². The highest BCUT2D eigenvalue weighted by Gasteiger charge is 2.29. The van der Waals surface area contributed by atoms with E-state index in [1.165, 1.54) is 13.4 Å². The molecular formula is C16H22FN3O2. The minimum Gasteiger partial charge on any atom is -0.504 e. The van der Waals surface area contributed by atoms with Gasteiger partial charge in [-0.25, -0.2) is 4.39 Å². The molecule has 2 heterocycles. The summed E-state index contributed by atoms with van der Waals surface area (Å²) in [6.45, 7) is 0.628. The summed E-state index contributed by atoms with van der Waals surface area (Å²) in [6, 6.07) is 3.33. The predicted molar refractivity (Wildman–Crippen MR) is 83.1 cm³/mol. The highest BCUT2D eigenvalue weighted by Crippen LogP contribution is 2.20. The SMILES string of the molecule is CO/C=C(/CF)CN1CCCC[C@H]1C(=O)Nc1cccnc1. The number of rotatable bonds is 6. The van der Waals surface area contributed by atoms with Crippen molar-refractivity contribution in [1.29, 1.82) is 0 Å². The molecule has 120 valence electrons. The molecule has 1 saturated heterocycles. The van der Waals surface area contributed by atoms with Gasteiger partial charge >= 0.3 is 0 Å². The number of aromatic nitrogens is 1. The number of ether oxygens (including phenoxy) is 1. The Labute approximate surface area is 130 Å². The number of alkyl halides is 1. The van der Waals surface area contributed by atoms with E-state index < -0.39 is 6.67 Å². The highest BCUT2D eigenvalue weighted by molar-refractivity contribution is 5.94. The fraction of sp³-hybridized carbons (Fsp3) is 0.500. The second-order valence-corrected chi connectivity index (χ2v) is 5.36. The van der Waals surface area contributed by atoms with Gasteiger partial charge in [0, 0.05) is 18.3 Å². The first-order valence-corrected chi connectivity index (χ1v) is 7.46. The predicted octanol–water partition coefficient (Wildman–Crippen LogP) is 2.37. The third-order valence-electron chi connectivity index (χ3n) is 3.71. The van der Waals surface area contributed by atoms with Gasteiger partial charge in [0.2, 0.25) is 5.91 Å². The van der Waals surface area contributed by atoms with E-state index in [4.69, 9.17) is 4.74 Å². The molecule has 1 N–H and O–H groups in total. The lowest BCUT2D eigenvalue weighted by Gasteiger charge is -2.34. The Balaban J connectivity index is 2.02. The Hall–Kier alpha value is -1.95. The molecule has 0 radical (unpaired) electrons. The van der Waals surface area contributed by atoms with Gasteiger partial charge in [-0.2, -0.15) is 0 Å². The third kappa shape index (κ3) is 4.53. The molecule has 1 aromatic rings. The summed E-state index contributed by atoms with van der Waals surface area (Å²) < 4.78 is 17.9. The van der Waals surface area contributed by atoms with Crippen LogP contribution in [0.3, 0.4) is 0 Å². The summed E-state index contributed by atoms with van der Waals surface area (Å²) in [6.07, 6.45) is 7.49. The molecule has 0 bridgehead atoms. The largest absolute Gasteiger partial charge is 0.504 e. The van der Waals surface area contributed by atoms with E-state index in [0.29, 0.717) is 17.8 Å². The molecule has 22 heavy (non-hydrogen) atoms.